The number of benzene rings is 2. The van der Waals surface area contributed by atoms with Crippen molar-refractivity contribution in [2.75, 3.05) is 17.7 Å². The Labute approximate surface area is 165 Å². The molecule has 0 aliphatic heterocycles. The van der Waals surface area contributed by atoms with E-state index in [9.17, 15) is 9.59 Å². The van der Waals surface area contributed by atoms with Crippen molar-refractivity contribution in [3.05, 3.63) is 54.1 Å². The SMILES string of the molecule is COc1cccc(NC(=O)c2ccccc2NC(=O)CC2CC3CCC2C3)c1. The molecule has 3 atom stereocenters. The van der Waals surface area contributed by atoms with Gasteiger partial charge in [-0.25, -0.2) is 0 Å². The van der Waals surface area contributed by atoms with Gasteiger partial charge in [0.15, 0.2) is 0 Å². The van der Waals surface area contributed by atoms with E-state index in [1.807, 2.05) is 18.2 Å². The summed E-state index contributed by atoms with van der Waals surface area (Å²) in [4.78, 5) is 25.4. The minimum atomic E-state index is -0.260. The van der Waals surface area contributed by atoms with E-state index in [4.69, 9.17) is 4.74 Å². The third-order valence-electron chi connectivity index (χ3n) is 6.11. The zero-order valence-electron chi connectivity index (χ0n) is 16.1. The molecule has 2 amide bonds. The Morgan fingerprint density at radius 3 is 2.64 bits per heavy atom. The highest BCUT2D eigenvalue weighted by atomic mass is 16.5. The summed E-state index contributed by atoms with van der Waals surface area (Å²) in [6.07, 6.45) is 5.61. The molecule has 28 heavy (non-hydrogen) atoms. The van der Waals surface area contributed by atoms with Crippen molar-refractivity contribution >= 4 is 23.2 Å². The number of fused-ring (bicyclic) bond motifs is 2. The number of carbonyl (C=O) groups excluding carboxylic acids is 2. The van der Waals surface area contributed by atoms with Gasteiger partial charge in [-0.1, -0.05) is 24.6 Å². The van der Waals surface area contributed by atoms with Gasteiger partial charge in [0.05, 0.1) is 18.4 Å². The highest BCUT2D eigenvalue weighted by Gasteiger charge is 2.40. The standard InChI is InChI=1S/C23H26N2O3/c1-28-19-6-4-5-18(14-19)24-23(27)20-7-2-3-8-21(20)25-22(26)13-17-12-15-9-10-16(17)11-15/h2-8,14-17H,9-13H2,1H3,(H,24,27)(H,25,26). The second-order valence-corrected chi connectivity index (χ2v) is 7.92. The summed E-state index contributed by atoms with van der Waals surface area (Å²) >= 11 is 0. The normalized spacial score (nSPS) is 22.7. The molecule has 2 N–H and O–H groups in total. The van der Waals surface area contributed by atoms with Gasteiger partial charge in [0.1, 0.15) is 5.75 Å². The smallest absolute Gasteiger partial charge is 0.257 e. The molecule has 2 aliphatic rings. The molecule has 2 fully saturated rings. The summed E-state index contributed by atoms with van der Waals surface area (Å²) in [5.74, 6) is 2.44. The van der Waals surface area contributed by atoms with E-state index in [0.717, 1.165) is 5.92 Å². The molecule has 2 bridgehead atoms. The maximum Gasteiger partial charge on any atom is 0.257 e. The quantitative estimate of drug-likeness (QED) is 0.765. The fourth-order valence-electron chi connectivity index (χ4n) is 4.76. The minimum absolute atomic E-state index is 0.000759. The maximum atomic E-state index is 12.8. The molecule has 3 unspecified atom stereocenters. The van der Waals surface area contributed by atoms with E-state index in [1.54, 1.807) is 37.4 Å². The van der Waals surface area contributed by atoms with Gasteiger partial charge in [0, 0.05) is 18.2 Å². The number of ether oxygens (including phenoxy) is 1. The maximum absolute atomic E-state index is 12.8. The van der Waals surface area contributed by atoms with Crippen LogP contribution in [0.4, 0.5) is 11.4 Å². The Morgan fingerprint density at radius 2 is 1.89 bits per heavy atom. The molecule has 0 aromatic heterocycles. The van der Waals surface area contributed by atoms with Crippen LogP contribution in [0.1, 0.15) is 42.5 Å². The van der Waals surface area contributed by atoms with Gasteiger partial charge < -0.3 is 15.4 Å². The van der Waals surface area contributed by atoms with Crippen molar-refractivity contribution < 1.29 is 14.3 Å². The van der Waals surface area contributed by atoms with Crippen molar-refractivity contribution in [3.63, 3.8) is 0 Å². The Kier molecular flexibility index (Phi) is 5.33. The molecule has 2 aliphatic carbocycles. The number of carbonyl (C=O) groups is 2. The molecule has 5 nitrogen and oxygen atoms in total. The van der Waals surface area contributed by atoms with Crippen LogP contribution in [0.2, 0.25) is 0 Å². The topological polar surface area (TPSA) is 67.4 Å². The van der Waals surface area contributed by atoms with Gasteiger partial charge in [-0.3, -0.25) is 9.59 Å². The van der Waals surface area contributed by atoms with E-state index in [2.05, 4.69) is 10.6 Å². The van der Waals surface area contributed by atoms with E-state index in [0.29, 0.717) is 40.9 Å². The van der Waals surface area contributed by atoms with Crippen molar-refractivity contribution in [2.45, 2.75) is 32.1 Å². The number of anilines is 2. The van der Waals surface area contributed by atoms with Crippen LogP contribution in [0.3, 0.4) is 0 Å². The first-order valence-corrected chi connectivity index (χ1v) is 9.96. The van der Waals surface area contributed by atoms with Crippen LogP contribution in [-0.2, 0) is 4.79 Å². The number of rotatable bonds is 6. The molecular formula is C23H26N2O3. The van der Waals surface area contributed by atoms with Gasteiger partial charge in [0.25, 0.3) is 5.91 Å². The second kappa shape index (κ2) is 8.05. The van der Waals surface area contributed by atoms with E-state index in [-0.39, 0.29) is 11.8 Å². The van der Waals surface area contributed by atoms with Crippen LogP contribution in [0.5, 0.6) is 5.75 Å². The van der Waals surface area contributed by atoms with Crippen molar-refractivity contribution in [1.29, 1.82) is 0 Å². The van der Waals surface area contributed by atoms with E-state index < -0.39 is 0 Å². The van der Waals surface area contributed by atoms with Crippen molar-refractivity contribution in [3.8, 4) is 5.75 Å². The molecule has 0 radical (unpaired) electrons. The number of para-hydroxylation sites is 1. The molecule has 4 rings (SSSR count). The number of nitrogens with one attached hydrogen (secondary N) is 2. The summed E-state index contributed by atoms with van der Waals surface area (Å²) in [7, 11) is 1.59. The van der Waals surface area contributed by atoms with E-state index in [1.165, 1.54) is 25.7 Å². The van der Waals surface area contributed by atoms with Crippen LogP contribution >= 0.6 is 0 Å². The zero-order chi connectivity index (χ0) is 19.5. The zero-order valence-corrected chi connectivity index (χ0v) is 16.1. The predicted molar refractivity (Wildman–Crippen MR) is 110 cm³/mol. The largest absolute Gasteiger partial charge is 0.497 e. The third kappa shape index (κ3) is 4.03. The van der Waals surface area contributed by atoms with Crippen LogP contribution in [-0.4, -0.2) is 18.9 Å². The Bertz CT molecular complexity index is 880. The van der Waals surface area contributed by atoms with Crippen molar-refractivity contribution in [1.82, 2.24) is 0 Å². The third-order valence-corrected chi connectivity index (χ3v) is 6.11. The first-order chi connectivity index (χ1) is 13.6. The minimum Gasteiger partial charge on any atom is -0.497 e. The summed E-state index contributed by atoms with van der Waals surface area (Å²) in [6, 6.07) is 14.3. The second-order valence-electron chi connectivity index (χ2n) is 7.92. The molecule has 2 aromatic rings. The average molecular weight is 378 g/mol. The molecule has 5 heteroatoms. The lowest BCUT2D eigenvalue weighted by Gasteiger charge is -2.21. The molecule has 146 valence electrons. The lowest BCUT2D eigenvalue weighted by Crippen LogP contribution is -2.22. The number of methoxy groups -OCH3 is 1. The fourth-order valence-corrected chi connectivity index (χ4v) is 4.76. The van der Waals surface area contributed by atoms with Crippen LogP contribution in [0, 0.1) is 17.8 Å². The Hall–Kier alpha value is -2.82. The van der Waals surface area contributed by atoms with Gasteiger partial charge in [-0.15, -0.1) is 0 Å². The average Bonchev–Trinajstić information content (AvgIpc) is 3.31. The monoisotopic (exact) mass is 378 g/mol. The molecule has 0 heterocycles. The number of amides is 2. The predicted octanol–water partition coefficient (Wildman–Crippen LogP) is 4.71. The van der Waals surface area contributed by atoms with Crippen LogP contribution in [0.15, 0.2) is 48.5 Å². The van der Waals surface area contributed by atoms with Gasteiger partial charge in [-0.05, 0) is 61.3 Å². The summed E-state index contributed by atoms with van der Waals surface area (Å²) in [6.45, 7) is 0. The van der Waals surface area contributed by atoms with Gasteiger partial charge in [0.2, 0.25) is 5.91 Å². The van der Waals surface area contributed by atoms with Crippen LogP contribution < -0.4 is 15.4 Å². The van der Waals surface area contributed by atoms with E-state index >= 15 is 0 Å². The Balaban J connectivity index is 1.42. The van der Waals surface area contributed by atoms with Gasteiger partial charge in [-0.2, -0.15) is 0 Å². The lowest BCUT2D eigenvalue weighted by atomic mass is 9.86. The Morgan fingerprint density at radius 1 is 1.04 bits per heavy atom. The van der Waals surface area contributed by atoms with Crippen LogP contribution in [0.25, 0.3) is 0 Å². The lowest BCUT2D eigenvalue weighted by molar-refractivity contribution is -0.117. The molecule has 0 spiro atoms. The van der Waals surface area contributed by atoms with Gasteiger partial charge >= 0.3 is 0 Å². The number of hydrogen-bond acceptors (Lipinski definition) is 3. The fraction of sp³-hybridized carbons (Fsp3) is 0.391. The summed E-state index contributed by atoms with van der Waals surface area (Å²) in [5.41, 5.74) is 1.65. The molecule has 2 saturated carbocycles. The van der Waals surface area contributed by atoms with Crippen molar-refractivity contribution in [2.24, 2.45) is 17.8 Å². The molecule has 2 aromatic carbocycles. The highest BCUT2D eigenvalue weighted by Crippen LogP contribution is 2.49. The molecule has 0 saturated heterocycles. The summed E-state index contributed by atoms with van der Waals surface area (Å²) < 4.78 is 5.19. The summed E-state index contributed by atoms with van der Waals surface area (Å²) in [5, 5.41) is 5.83. The molecular weight excluding hydrogens is 352 g/mol. The number of hydrogen-bond donors (Lipinski definition) is 2. The first-order valence-electron chi connectivity index (χ1n) is 9.96. The first kappa shape index (κ1) is 18.5. The highest BCUT2D eigenvalue weighted by molar-refractivity contribution is 6.10.